The molecule has 32 heavy (non-hydrogen) atoms. The van der Waals surface area contributed by atoms with E-state index in [1.54, 1.807) is 6.08 Å². The van der Waals surface area contributed by atoms with E-state index in [0.717, 1.165) is 0 Å². The number of ether oxygens (including phenoxy) is 1. The molecule has 1 fully saturated rings. The highest BCUT2D eigenvalue weighted by Crippen LogP contribution is 2.37. The van der Waals surface area contributed by atoms with Gasteiger partial charge in [-0.05, 0) is 37.5 Å². The third-order valence-corrected chi connectivity index (χ3v) is 6.48. The maximum Gasteiger partial charge on any atom is 0.235 e. The minimum absolute atomic E-state index is 0.0529. The Hall–Kier alpha value is -2.67. The van der Waals surface area contributed by atoms with Crippen molar-refractivity contribution < 1.29 is 23.1 Å². The van der Waals surface area contributed by atoms with E-state index < -0.39 is 17.2 Å². The monoisotopic (exact) mass is 481 g/mol. The second-order valence-corrected chi connectivity index (χ2v) is 8.68. The van der Waals surface area contributed by atoms with Gasteiger partial charge < -0.3 is 15.0 Å². The second-order valence-electron chi connectivity index (χ2n) is 7.87. The first-order valence-electron chi connectivity index (χ1n) is 10.0. The summed E-state index contributed by atoms with van der Waals surface area (Å²) in [6, 6.07) is 5.39. The van der Waals surface area contributed by atoms with Gasteiger partial charge in [0.15, 0.2) is 0 Å². The van der Waals surface area contributed by atoms with E-state index in [2.05, 4.69) is 10.3 Å². The second kappa shape index (κ2) is 9.06. The summed E-state index contributed by atoms with van der Waals surface area (Å²) in [5.41, 5.74) is 0.382. The summed E-state index contributed by atoms with van der Waals surface area (Å²) in [4.78, 5) is 28.7. The first-order chi connectivity index (χ1) is 15.3. The van der Waals surface area contributed by atoms with Gasteiger partial charge in [0.05, 0.1) is 21.4 Å². The van der Waals surface area contributed by atoms with Crippen LogP contribution in [0.4, 0.5) is 20.2 Å². The number of anilines is 2. The predicted molar refractivity (Wildman–Crippen MR) is 118 cm³/mol. The summed E-state index contributed by atoms with van der Waals surface area (Å²) in [5, 5.41) is 2.82. The molecule has 10 heteroatoms. The fraction of sp³-hybridized carbons (Fsp3) is 0.364. The Bertz CT molecular complexity index is 1110. The zero-order valence-corrected chi connectivity index (χ0v) is 18.4. The first kappa shape index (κ1) is 22.5. The molecule has 2 aromatic rings. The van der Waals surface area contributed by atoms with Gasteiger partial charge >= 0.3 is 0 Å². The van der Waals surface area contributed by atoms with Gasteiger partial charge in [0.1, 0.15) is 29.5 Å². The van der Waals surface area contributed by atoms with Crippen molar-refractivity contribution >= 4 is 46.6 Å². The van der Waals surface area contributed by atoms with Crippen LogP contribution in [0.3, 0.4) is 0 Å². The van der Waals surface area contributed by atoms with Crippen LogP contribution in [0.2, 0.25) is 10.0 Å². The highest BCUT2D eigenvalue weighted by Gasteiger charge is 2.37. The molecule has 168 valence electrons. The molecule has 0 radical (unpaired) electrons. The maximum absolute atomic E-state index is 14.1. The lowest BCUT2D eigenvalue weighted by atomic mass is 9.88. The van der Waals surface area contributed by atoms with E-state index in [9.17, 15) is 18.4 Å². The van der Waals surface area contributed by atoms with Gasteiger partial charge in [-0.1, -0.05) is 23.2 Å². The Morgan fingerprint density at radius 1 is 1.12 bits per heavy atom. The number of hydrogen-bond donors (Lipinski definition) is 1. The Morgan fingerprint density at radius 3 is 2.59 bits per heavy atom. The number of isocyanates is 1. The van der Waals surface area contributed by atoms with Crippen LogP contribution in [-0.4, -0.2) is 37.2 Å². The van der Waals surface area contributed by atoms with Crippen LogP contribution in [0.25, 0.3) is 0 Å². The van der Waals surface area contributed by atoms with Crippen molar-refractivity contribution in [2.75, 3.05) is 29.9 Å². The molecule has 0 saturated carbocycles. The molecule has 0 unspecified atom stereocenters. The summed E-state index contributed by atoms with van der Waals surface area (Å²) in [6.45, 7) is 0.977. The van der Waals surface area contributed by atoms with Crippen molar-refractivity contribution in [3.8, 4) is 5.75 Å². The average molecular weight is 482 g/mol. The molecule has 1 amide bonds. The van der Waals surface area contributed by atoms with Crippen LogP contribution >= 0.6 is 23.2 Å². The molecule has 2 heterocycles. The van der Waals surface area contributed by atoms with Crippen molar-refractivity contribution in [3.63, 3.8) is 0 Å². The largest absolute Gasteiger partial charge is 0.491 e. The molecule has 0 spiro atoms. The molecule has 1 N–H and O–H groups in total. The van der Waals surface area contributed by atoms with Gasteiger partial charge in [-0.2, -0.15) is 4.99 Å². The lowest BCUT2D eigenvalue weighted by molar-refractivity contribution is -0.116. The number of carbonyl (C=O) groups excluding carboxylic acids is 2. The molecular weight excluding hydrogens is 463 g/mol. The predicted octanol–water partition coefficient (Wildman–Crippen LogP) is 4.91. The number of piperidine rings is 1. The number of hydrogen-bond acceptors (Lipinski definition) is 5. The van der Waals surface area contributed by atoms with Gasteiger partial charge in [-0.3, -0.25) is 4.79 Å². The van der Waals surface area contributed by atoms with Crippen LogP contribution in [0.15, 0.2) is 29.3 Å². The van der Waals surface area contributed by atoms with E-state index in [1.165, 1.54) is 24.3 Å². The summed E-state index contributed by atoms with van der Waals surface area (Å²) in [7, 11) is 0. The lowest BCUT2D eigenvalue weighted by Gasteiger charge is -2.39. The quantitative estimate of drug-likeness (QED) is 0.374. The molecule has 0 aliphatic carbocycles. The van der Waals surface area contributed by atoms with Gasteiger partial charge in [0, 0.05) is 31.1 Å². The first-order valence-corrected chi connectivity index (χ1v) is 10.8. The van der Waals surface area contributed by atoms with Crippen LogP contribution < -0.4 is 15.0 Å². The van der Waals surface area contributed by atoms with E-state index >= 15 is 0 Å². The van der Waals surface area contributed by atoms with Crippen LogP contribution in [0.1, 0.15) is 24.8 Å². The Balaban J connectivity index is 1.50. The molecule has 2 aromatic carbocycles. The molecule has 4 rings (SSSR count). The molecule has 2 aliphatic rings. The van der Waals surface area contributed by atoms with Crippen molar-refractivity contribution in [1.29, 1.82) is 0 Å². The highest BCUT2D eigenvalue weighted by atomic mass is 35.5. The van der Waals surface area contributed by atoms with Gasteiger partial charge in [0.2, 0.25) is 12.0 Å². The molecule has 0 atom stereocenters. The van der Waals surface area contributed by atoms with Crippen molar-refractivity contribution in [3.05, 3.63) is 51.5 Å². The molecule has 6 nitrogen and oxygen atoms in total. The number of halogens is 4. The standard InChI is InChI=1S/C22H19Cl2F2N3O3/c23-14-9-15(24)18(10-17(14)26)29-7-5-22(6-8-29,27-12-30)11-32-19-3-2-16(25)21-13(19)1-4-20(31)28-21/h2-3,9-10H,1,4-8,11H2,(H,28,31). The van der Waals surface area contributed by atoms with Crippen molar-refractivity contribution in [1.82, 2.24) is 0 Å². The number of nitrogens with zero attached hydrogens (tertiary/aromatic N) is 2. The topological polar surface area (TPSA) is 71.0 Å². The Labute approximate surface area is 193 Å². The van der Waals surface area contributed by atoms with Crippen molar-refractivity contribution in [2.45, 2.75) is 31.2 Å². The molecule has 0 bridgehead atoms. The van der Waals surface area contributed by atoms with E-state index in [-0.39, 0.29) is 29.6 Å². The van der Waals surface area contributed by atoms with Crippen molar-refractivity contribution in [2.24, 2.45) is 4.99 Å². The number of nitrogens with one attached hydrogen (secondary N) is 1. The smallest absolute Gasteiger partial charge is 0.235 e. The fourth-order valence-electron chi connectivity index (χ4n) is 4.07. The SMILES string of the molecule is O=C=NC1(COc2ccc(F)c3c2CCC(=O)N3)CCN(c2cc(F)c(Cl)cc2Cl)CC1. The minimum Gasteiger partial charge on any atom is -0.491 e. The lowest BCUT2D eigenvalue weighted by Crippen LogP contribution is -2.47. The minimum atomic E-state index is -0.838. The number of rotatable bonds is 5. The third kappa shape index (κ3) is 4.44. The normalized spacial score (nSPS) is 17.2. The Morgan fingerprint density at radius 2 is 1.88 bits per heavy atom. The highest BCUT2D eigenvalue weighted by molar-refractivity contribution is 6.36. The zero-order valence-electron chi connectivity index (χ0n) is 16.9. The molecule has 1 saturated heterocycles. The van der Waals surface area contributed by atoms with Gasteiger partial charge in [0.25, 0.3) is 0 Å². The number of aliphatic imine (C=N–C) groups is 1. The van der Waals surface area contributed by atoms with E-state index in [1.807, 2.05) is 4.90 Å². The number of carbonyl (C=O) groups is 1. The molecular formula is C22H19Cl2F2N3O3. The van der Waals surface area contributed by atoms with E-state index in [0.29, 0.717) is 54.4 Å². The number of benzene rings is 2. The Kier molecular flexibility index (Phi) is 6.38. The average Bonchev–Trinajstić information content (AvgIpc) is 2.77. The maximum atomic E-state index is 14.1. The van der Waals surface area contributed by atoms with Gasteiger partial charge in [-0.15, -0.1) is 0 Å². The van der Waals surface area contributed by atoms with Crippen LogP contribution in [0, 0.1) is 11.6 Å². The summed E-state index contributed by atoms with van der Waals surface area (Å²) >= 11 is 12.0. The summed E-state index contributed by atoms with van der Waals surface area (Å²) in [6.07, 6.45) is 3.08. The van der Waals surface area contributed by atoms with E-state index in [4.69, 9.17) is 27.9 Å². The fourth-order valence-corrected chi connectivity index (χ4v) is 4.58. The van der Waals surface area contributed by atoms with Crippen LogP contribution in [-0.2, 0) is 16.0 Å². The molecule has 0 aromatic heterocycles. The number of fused-ring (bicyclic) bond motifs is 1. The zero-order chi connectivity index (χ0) is 22.9. The molecule has 2 aliphatic heterocycles. The summed E-state index contributed by atoms with van der Waals surface area (Å²) in [5.74, 6) is -0.904. The third-order valence-electron chi connectivity index (χ3n) is 5.89. The van der Waals surface area contributed by atoms with Gasteiger partial charge in [-0.25, -0.2) is 13.6 Å². The van der Waals surface area contributed by atoms with Crippen LogP contribution in [0.5, 0.6) is 5.75 Å². The summed E-state index contributed by atoms with van der Waals surface area (Å²) < 4.78 is 34.0. The number of amides is 1.